The number of para-hydroxylation sites is 1. The Balaban J connectivity index is 1.97. The number of carbonyl (C=O) groups excluding carboxylic acids is 1. The van der Waals surface area contributed by atoms with Crippen molar-refractivity contribution in [3.8, 4) is 0 Å². The highest BCUT2D eigenvalue weighted by molar-refractivity contribution is 14.1. The van der Waals surface area contributed by atoms with Crippen LogP contribution in [0, 0.1) is 0 Å². The number of anilines is 1. The third-order valence-electron chi connectivity index (χ3n) is 4.42. The fraction of sp³-hybridized carbons (Fsp3) is 0.235. The fourth-order valence-electron chi connectivity index (χ4n) is 3.34. The summed E-state index contributed by atoms with van der Waals surface area (Å²) in [4.78, 5) is 14.1. The first-order chi connectivity index (χ1) is 11.2. The van der Waals surface area contributed by atoms with Crippen molar-refractivity contribution in [2.75, 3.05) is 4.90 Å². The van der Waals surface area contributed by atoms with Gasteiger partial charge in [0.05, 0.1) is 29.4 Å². The average Bonchev–Trinajstić information content (AvgIpc) is 2.92. The Morgan fingerprint density at radius 1 is 1.13 bits per heavy atom. The quantitative estimate of drug-likeness (QED) is 0.471. The average molecular weight is 418 g/mol. The highest BCUT2D eigenvalue weighted by atomic mass is 127. The van der Waals surface area contributed by atoms with E-state index in [2.05, 4.69) is 51.4 Å². The van der Waals surface area contributed by atoms with Crippen LogP contribution in [0.5, 0.6) is 0 Å². The lowest BCUT2D eigenvalue weighted by molar-refractivity contribution is -0.116. The van der Waals surface area contributed by atoms with Gasteiger partial charge in [-0.15, -0.1) is 0 Å². The third-order valence-corrected chi connectivity index (χ3v) is 5.21. The van der Waals surface area contributed by atoms with Crippen LogP contribution in [-0.4, -0.2) is 9.13 Å². The monoisotopic (exact) mass is 418 g/mol. The summed E-state index contributed by atoms with van der Waals surface area (Å²) in [7, 11) is 0. The van der Waals surface area contributed by atoms with Gasteiger partial charge in [-0.25, -0.2) is 3.22 Å². The predicted molar refractivity (Wildman–Crippen MR) is 95.9 cm³/mol. The molecule has 2 aromatic rings. The molecule has 5 nitrogen and oxygen atoms in total. The Morgan fingerprint density at radius 2 is 1.83 bits per heavy atom. The molecule has 0 spiro atoms. The lowest BCUT2D eigenvalue weighted by atomic mass is 9.88. The van der Waals surface area contributed by atoms with E-state index in [1.807, 2.05) is 38.5 Å². The molecule has 0 aliphatic carbocycles. The van der Waals surface area contributed by atoms with Crippen molar-refractivity contribution in [2.45, 2.75) is 25.6 Å². The van der Waals surface area contributed by atoms with E-state index in [0.29, 0.717) is 6.54 Å². The van der Waals surface area contributed by atoms with Crippen molar-refractivity contribution in [1.82, 2.24) is 3.22 Å². The highest BCUT2D eigenvalue weighted by Crippen LogP contribution is 2.49. The number of rotatable bonds is 0. The molecule has 0 saturated carbocycles. The largest absolute Gasteiger partial charge is 0.308 e. The van der Waals surface area contributed by atoms with Gasteiger partial charge in [0, 0.05) is 18.2 Å². The fourth-order valence-corrected chi connectivity index (χ4v) is 4.06. The molecule has 0 N–H and O–H groups in total. The minimum absolute atomic E-state index is 0.00454. The van der Waals surface area contributed by atoms with Crippen LogP contribution >= 0.6 is 22.9 Å². The highest BCUT2D eigenvalue weighted by Gasteiger charge is 2.39. The number of nitrogens with zero attached hydrogens (tertiary/aromatic N) is 4. The lowest BCUT2D eigenvalue weighted by Crippen LogP contribution is -2.32. The number of amides is 1. The SMILES string of the molecule is CC(=O)N1Cc2ccccc2C2N=NN(I)C2c2ccccc21. The van der Waals surface area contributed by atoms with Crippen molar-refractivity contribution >= 4 is 34.5 Å². The van der Waals surface area contributed by atoms with Gasteiger partial charge in [-0.2, -0.15) is 5.11 Å². The Hall–Kier alpha value is -1.96. The van der Waals surface area contributed by atoms with E-state index >= 15 is 0 Å². The van der Waals surface area contributed by atoms with Crippen LogP contribution < -0.4 is 4.90 Å². The smallest absolute Gasteiger partial charge is 0.224 e. The molecular weight excluding hydrogens is 403 g/mol. The molecule has 2 unspecified atom stereocenters. The lowest BCUT2D eigenvalue weighted by Gasteiger charge is -2.33. The standard InChI is InChI=1S/C17H15IN4O/c1-11(23)21-10-12-6-2-3-7-13(12)16-17(22(18)20-19-16)14-8-4-5-9-15(14)21/h2-9,16-17H,10H2,1H3. The van der Waals surface area contributed by atoms with E-state index < -0.39 is 0 Å². The Bertz CT molecular complexity index is 807. The van der Waals surface area contributed by atoms with Gasteiger partial charge >= 0.3 is 0 Å². The van der Waals surface area contributed by atoms with E-state index in [4.69, 9.17) is 0 Å². The summed E-state index contributed by atoms with van der Waals surface area (Å²) >= 11 is 2.19. The van der Waals surface area contributed by atoms with E-state index in [1.165, 1.54) is 0 Å². The molecule has 2 aliphatic rings. The number of fused-ring (bicyclic) bond motifs is 5. The van der Waals surface area contributed by atoms with Gasteiger partial charge in [-0.05, 0) is 17.2 Å². The maximum Gasteiger partial charge on any atom is 0.224 e. The molecule has 6 heteroatoms. The molecule has 0 fully saturated rings. The molecule has 2 heterocycles. The van der Waals surface area contributed by atoms with E-state index in [-0.39, 0.29) is 18.0 Å². The molecule has 0 saturated heterocycles. The van der Waals surface area contributed by atoms with Gasteiger partial charge in [0.25, 0.3) is 0 Å². The van der Waals surface area contributed by atoms with E-state index in [0.717, 1.165) is 22.4 Å². The van der Waals surface area contributed by atoms with Gasteiger partial charge in [0.1, 0.15) is 12.1 Å². The topological polar surface area (TPSA) is 48.3 Å². The van der Waals surface area contributed by atoms with Crippen molar-refractivity contribution in [3.05, 3.63) is 65.2 Å². The van der Waals surface area contributed by atoms with Crippen LogP contribution in [0.15, 0.2) is 58.9 Å². The summed E-state index contributed by atoms with van der Waals surface area (Å²) in [6.45, 7) is 2.17. The van der Waals surface area contributed by atoms with Crippen LogP contribution in [0.25, 0.3) is 0 Å². The molecule has 2 atom stereocenters. The number of halogens is 1. The first kappa shape index (κ1) is 14.6. The number of hydrogen-bond donors (Lipinski definition) is 0. The molecule has 2 aliphatic heterocycles. The van der Waals surface area contributed by atoms with Gasteiger partial charge in [-0.1, -0.05) is 47.7 Å². The first-order valence-corrected chi connectivity index (χ1v) is 8.44. The Kier molecular flexibility index (Phi) is 3.56. The first-order valence-electron chi connectivity index (χ1n) is 7.47. The molecule has 23 heavy (non-hydrogen) atoms. The second kappa shape index (κ2) is 5.59. The second-order valence-electron chi connectivity index (χ2n) is 5.75. The second-order valence-corrected chi connectivity index (χ2v) is 6.73. The zero-order valence-corrected chi connectivity index (χ0v) is 14.7. The van der Waals surface area contributed by atoms with E-state index in [1.54, 1.807) is 6.92 Å². The molecule has 0 bridgehead atoms. The van der Waals surface area contributed by atoms with Crippen molar-refractivity contribution < 1.29 is 4.79 Å². The minimum Gasteiger partial charge on any atom is -0.308 e. The molecule has 4 rings (SSSR count). The van der Waals surface area contributed by atoms with Crippen LogP contribution in [0.1, 0.15) is 35.7 Å². The summed E-state index contributed by atoms with van der Waals surface area (Å²) in [6, 6.07) is 16.2. The van der Waals surface area contributed by atoms with Crippen LogP contribution in [0.3, 0.4) is 0 Å². The zero-order valence-electron chi connectivity index (χ0n) is 12.6. The van der Waals surface area contributed by atoms with E-state index in [9.17, 15) is 4.79 Å². The van der Waals surface area contributed by atoms with Gasteiger partial charge < -0.3 is 4.90 Å². The van der Waals surface area contributed by atoms with Crippen molar-refractivity contribution in [1.29, 1.82) is 0 Å². The molecule has 2 aromatic carbocycles. The Morgan fingerprint density at radius 3 is 2.61 bits per heavy atom. The molecular formula is C17H15IN4O. The number of carbonyl (C=O) groups is 1. The maximum atomic E-state index is 12.3. The summed E-state index contributed by atoms with van der Waals surface area (Å²) in [5.74, 6) is 0.0394. The summed E-state index contributed by atoms with van der Waals surface area (Å²) in [5, 5.41) is 8.76. The molecule has 1 amide bonds. The van der Waals surface area contributed by atoms with Gasteiger partial charge in [-0.3, -0.25) is 4.79 Å². The molecule has 116 valence electrons. The normalized spacial score (nSPS) is 22.0. The summed E-state index contributed by atoms with van der Waals surface area (Å²) in [5.41, 5.74) is 4.29. The van der Waals surface area contributed by atoms with Crippen LogP contribution in [0.4, 0.5) is 5.69 Å². The predicted octanol–water partition coefficient (Wildman–Crippen LogP) is 4.37. The number of benzene rings is 2. The van der Waals surface area contributed by atoms with Crippen LogP contribution in [0.2, 0.25) is 0 Å². The maximum absolute atomic E-state index is 12.3. The summed E-state index contributed by atoms with van der Waals surface area (Å²) < 4.78 is 1.86. The third kappa shape index (κ3) is 2.32. The van der Waals surface area contributed by atoms with Gasteiger partial charge in [0.15, 0.2) is 0 Å². The minimum atomic E-state index is -0.0432. The van der Waals surface area contributed by atoms with Crippen LogP contribution in [-0.2, 0) is 11.3 Å². The molecule has 0 aromatic heterocycles. The van der Waals surface area contributed by atoms with Crippen molar-refractivity contribution in [2.24, 2.45) is 10.3 Å². The Labute approximate surface area is 148 Å². The van der Waals surface area contributed by atoms with Gasteiger partial charge in [0.2, 0.25) is 5.91 Å². The van der Waals surface area contributed by atoms with Crippen molar-refractivity contribution in [3.63, 3.8) is 0 Å². The zero-order chi connectivity index (χ0) is 16.0. The number of hydrogen-bond acceptors (Lipinski definition) is 4. The summed E-state index contributed by atoms with van der Waals surface area (Å²) in [6.07, 6.45) is 0. The molecule has 0 radical (unpaired) electrons.